The lowest BCUT2D eigenvalue weighted by atomic mass is 9.33. The normalized spacial score (nSPS) is 34.4. The maximum atomic E-state index is 5.77. The van der Waals surface area contributed by atoms with E-state index >= 15 is 0 Å². The molecule has 0 radical (unpaired) electrons. The van der Waals surface area contributed by atoms with Crippen molar-refractivity contribution < 1.29 is 4.74 Å². The standard InChI is InChI=1S/C13H17NO.ClH/c1-15-11-4-2-10(3-5-11)13-6-12(7-13,8-13)9-14;/h2-5H,6-9,14H2,1H3;1H. The highest BCUT2D eigenvalue weighted by atomic mass is 35.5. The first-order valence-corrected chi connectivity index (χ1v) is 5.57. The van der Waals surface area contributed by atoms with Gasteiger partial charge in [-0.3, -0.25) is 0 Å². The fourth-order valence-electron chi connectivity index (χ4n) is 3.47. The monoisotopic (exact) mass is 239 g/mol. The van der Waals surface area contributed by atoms with Crippen LogP contribution in [0.5, 0.6) is 5.75 Å². The van der Waals surface area contributed by atoms with E-state index in [2.05, 4.69) is 24.3 Å². The first kappa shape index (κ1) is 11.7. The number of hydrogen-bond acceptors (Lipinski definition) is 2. The minimum absolute atomic E-state index is 0. The molecule has 2 bridgehead atoms. The molecule has 0 spiro atoms. The maximum absolute atomic E-state index is 5.77. The smallest absolute Gasteiger partial charge is 0.118 e. The summed E-state index contributed by atoms with van der Waals surface area (Å²) in [6, 6.07) is 8.53. The maximum Gasteiger partial charge on any atom is 0.118 e. The first-order valence-electron chi connectivity index (χ1n) is 5.57. The molecular weight excluding hydrogens is 222 g/mol. The van der Waals surface area contributed by atoms with Gasteiger partial charge in [-0.05, 0) is 54.3 Å². The van der Waals surface area contributed by atoms with Crippen molar-refractivity contribution in [2.75, 3.05) is 13.7 Å². The quantitative estimate of drug-likeness (QED) is 0.880. The van der Waals surface area contributed by atoms with Crippen LogP contribution in [0.25, 0.3) is 0 Å². The van der Waals surface area contributed by atoms with Gasteiger partial charge in [0, 0.05) is 0 Å². The lowest BCUT2D eigenvalue weighted by Gasteiger charge is -2.71. The minimum Gasteiger partial charge on any atom is -0.497 e. The molecule has 3 saturated carbocycles. The molecule has 3 fully saturated rings. The SMILES string of the molecule is COc1ccc(C23CC(CN)(C2)C3)cc1.Cl. The Hall–Kier alpha value is -0.730. The van der Waals surface area contributed by atoms with Crippen LogP contribution in [-0.2, 0) is 5.41 Å². The Labute approximate surface area is 103 Å². The molecular formula is C13H18ClNO. The van der Waals surface area contributed by atoms with Crippen LogP contribution in [0, 0.1) is 5.41 Å². The third-order valence-electron chi connectivity index (χ3n) is 4.28. The van der Waals surface area contributed by atoms with Gasteiger partial charge in [0.15, 0.2) is 0 Å². The van der Waals surface area contributed by atoms with Crippen molar-refractivity contribution in [2.45, 2.75) is 24.7 Å². The predicted octanol–water partition coefficient (Wildman–Crippen LogP) is 2.50. The first-order chi connectivity index (χ1) is 7.22. The van der Waals surface area contributed by atoms with Gasteiger partial charge in [-0.1, -0.05) is 12.1 Å². The zero-order valence-corrected chi connectivity index (χ0v) is 10.3. The van der Waals surface area contributed by atoms with E-state index in [0.717, 1.165) is 12.3 Å². The second kappa shape index (κ2) is 3.64. The summed E-state index contributed by atoms with van der Waals surface area (Å²) in [6.45, 7) is 0.866. The van der Waals surface area contributed by atoms with E-state index in [4.69, 9.17) is 10.5 Å². The van der Waals surface area contributed by atoms with Crippen molar-refractivity contribution in [1.82, 2.24) is 0 Å². The van der Waals surface area contributed by atoms with Gasteiger partial charge in [-0.25, -0.2) is 0 Å². The molecule has 2 N–H and O–H groups in total. The predicted molar refractivity (Wildman–Crippen MR) is 67.3 cm³/mol. The van der Waals surface area contributed by atoms with Gasteiger partial charge < -0.3 is 10.5 Å². The largest absolute Gasteiger partial charge is 0.497 e. The lowest BCUT2D eigenvalue weighted by Crippen LogP contribution is -2.67. The van der Waals surface area contributed by atoms with Gasteiger partial charge in [0.2, 0.25) is 0 Å². The Morgan fingerprint density at radius 3 is 2.19 bits per heavy atom. The molecule has 0 heterocycles. The number of halogens is 1. The van der Waals surface area contributed by atoms with Crippen LogP contribution >= 0.6 is 12.4 Å². The van der Waals surface area contributed by atoms with E-state index in [1.165, 1.54) is 24.8 Å². The van der Waals surface area contributed by atoms with Crippen molar-refractivity contribution in [3.05, 3.63) is 29.8 Å². The van der Waals surface area contributed by atoms with Gasteiger partial charge in [0.1, 0.15) is 5.75 Å². The molecule has 3 aliphatic carbocycles. The second-order valence-corrected chi connectivity index (χ2v) is 5.24. The van der Waals surface area contributed by atoms with Gasteiger partial charge in [0.05, 0.1) is 7.11 Å². The highest BCUT2D eigenvalue weighted by Crippen LogP contribution is 2.73. The number of hydrogen-bond donors (Lipinski definition) is 1. The third-order valence-corrected chi connectivity index (χ3v) is 4.28. The average molecular weight is 240 g/mol. The molecule has 0 aliphatic heterocycles. The highest BCUT2D eigenvalue weighted by Gasteiger charge is 2.67. The van der Waals surface area contributed by atoms with Crippen molar-refractivity contribution in [3.63, 3.8) is 0 Å². The summed E-state index contributed by atoms with van der Waals surface area (Å²) >= 11 is 0. The van der Waals surface area contributed by atoms with Gasteiger partial charge in [-0.2, -0.15) is 0 Å². The molecule has 0 saturated heterocycles. The molecule has 88 valence electrons. The summed E-state index contributed by atoms with van der Waals surface area (Å²) in [5.74, 6) is 0.943. The van der Waals surface area contributed by atoms with Crippen molar-refractivity contribution in [2.24, 2.45) is 11.1 Å². The topological polar surface area (TPSA) is 35.2 Å². The summed E-state index contributed by atoms with van der Waals surface area (Å²) in [6.07, 6.45) is 3.88. The Morgan fingerprint density at radius 1 is 1.19 bits per heavy atom. The summed E-state index contributed by atoms with van der Waals surface area (Å²) < 4.78 is 5.17. The lowest BCUT2D eigenvalue weighted by molar-refractivity contribution is -0.132. The number of benzene rings is 1. The second-order valence-electron chi connectivity index (χ2n) is 5.24. The van der Waals surface area contributed by atoms with Crippen LogP contribution in [0.1, 0.15) is 24.8 Å². The molecule has 3 heteroatoms. The summed E-state index contributed by atoms with van der Waals surface area (Å²) in [5.41, 5.74) is 8.23. The molecule has 0 atom stereocenters. The van der Waals surface area contributed by atoms with Crippen LogP contribution in [0.2, 0.25) is 0 Å². The summed E-state index contributed by atoms with van der Waals surface area (Å²) in [4.78, 5) is 0. The Bertz CT molecular complexity index is 368. The van der Waals surface area contributed by atoms with Gasteiger partial charge in [-0.15, -0.1) is 12.4 Å². The number of nitrogens with two attached hydrogens (primary N) is 1. The fraction of sp³-hybridized carbons (Fsp3) is 0.538. The Morgan fingerprint density at radius 2 is 1.75 bits per heavy atom. The summed E-state index contributed by atoms with van der Waals surface area (Å²) in [7, 11) is 1.71. The zero-order chi connectivity index (χ0) is 10.5. The third kappa shape index (κ3) is 1.36. The van der Waals surface area contributed by atoms with Gasteiger partial charge >= 0.3 is 0 Å². The fourth-order valence-corrected chi connectivity index (χ4v) is 3.47. The van der Waals surface area contributed by atoms with E-state index < -0.39 is 0 Å². The van der Waals surface area contributed by atoms with Crippen LogP contribution in [0.4, 0.5) is 0 Å². The number of ether oxygens (including phenoxy) is 1. The molecule has 0 aromatic heterocycles. The van der Waals surface area contributed by atoms with Crippen LogP contribution in [0.15, 0.2) is 24.3 Å². The molecule has 4 rings (SSSR count). The Balaban J connectivity index is 0.000000963. The summed E-state index contributed by atoms with van der Waals surface area (Å²) in [5, 5.41) is 0. The number of rotatable bonds is 3. The van der Waals surface area contributed by atoms with Crippen LogP contribution < -0.4 is 10.5 Å². The number of methoxy groups -OCH3 is 1. The molecule has 16 heavy (non-hydrogen) atoms. The molecule has 1 aromatic carbocycles. The Kier molecular flexibility index (Phi) is 2.67. The van der Waals surface area contributed by atoms with Crippen LogP contribution in [-0.4, -0.2) is 13.7 Å². The van der Waals surface area contributed by atoms with Crippen molar-refractivity contribution in [3.8, 4) is 5.75 Å². The van der Waals surface area contributed by atoms with E-state index in [9.17, 15) is 0 Å². The van der Waals surface area contributed by atoms with Crippen molar-refractivity contribution >= 4 is 12.4 Å². The van der Waals surface area contributed by atoms with E-state index in [1.54, 1.807) is 7.11 Å². The molecule has 0 amide bonds. The molecule has 2 nitrogen and oxygen atoms in total. The van der Waals surface area contributed by atoms with E-state index in [0.29, 0.717) is 10.8 Å². The molecule has 0 unspecified atom stereocenters. The minimum atomic E-state index is 0. The highest BCUT2D eigenvalue weighted by molar-refractivity contribution is 5.85. The molecule has 3 aliphatic rings. The molecule has 1 aromatic rings. The van der Waals surface area contributed by atoms with Crippen LogP contribution in [0.3, 0.4) is 0 Å². The van der Waals surface area contributed by atoms with E-state index in [-0.39, 0.29) is 12.4 Å². The van der Waals surface area contributed by atoms with Crippen molar-refractivity contribution in [1.29, 1.82) is 0 Å². The zero-order valence-electron chi connectivity index (χ0n) is 9.53. The van der Waals surface area contributed by atoms with E-state index in [1.807, 2.05) is 0 Å². The van der Waals surface area contributed by atoms with Gasteiger partial charge in [0.25, 0.3) is 0 Å². The average Bonchev–Trinajstić information content (AvgIpc) is 2.16.